The van der Waals surface area contributed by atoms with Gasteiger partial charge in [-0.05, 0) is 67.4 Å². The number of carbonyl (C=O) groups excluding carboxylic acids is 2. The summed E-state index contributed by atoms with van der Waals surface area (Å²) in [7, 11) is 0. The second-order valence-corrected chi connectivity index (χ2v) is 10.7. The van der Waals surface area contributed by atoms with Gasteiger partial charge in [-0.3, -0.25) is 14.5 Å². The van der Waals surface area contributed by atoms with Crippen molar-refractivity contribution in [2.24, 2.45) is 0 Å². The number of amides is 2. The first-order valence-electron chi connectivity index (χ1n) is 10.4. The molecular weight excluding hydrogens is 578 g/mol. The van der Waals surface area contributed by atoms with Gasteiger partial charge < -0.3 is 5.32 Å². The molecule has 0 aromatic heterocycles. The van der Waals surface area contributed by atoms with Gasteiger partial charge in [-0.25, -0.2) is 0 Å². The molecule has 1 fully saturated rings. The van der Waals surface area contributed by atoms with Crippen molar-refractivity contribution in [2.45, 2.75) is 18.6 Å². The minimum Gasteiger partial charge on any atom is -0.321 e. The fraction of sp³-hybridized carbons (Fsp3) is 0.115. The Labute approximate surface area is 219 Å². The number of anilines is 2. The summed E-state index contributed by atoms with van der Waals surface area (Å²) in [5.74, 6) is -0.714. The first-order chi connectivity index (χ1) is 16.4. The molecule has 8 heteroatoms. The number of nitrogens with one attached hydrogen (secondary N) is 1. The molecule has 170 valence electrons. The third kappa shape index (κ3) is 5.44. The lowest BCUT2D eigenvalue weighted by Crippen LogP contribution is -2.30. The highest BCUT2D eigenvalue weighted by atomic mass is 79.9. The van der Waals surface area contributed by atoms with Gasteiger partial charge in [-0.2, -0.15) is 5.26 Å². The number of hydrogen-bond acceptors (Lipinski definition) is 4. The average molecular weight is 597 g/mol. The van der Waals surface area contributed by atoms with Crippen molar-refractivity contribution in [1.29, 1.82) is 5.26 Å². The van der Waals surface area contributed by atoms with E-state index in [0.29, 0.717) is 22.8 Å². The van der Waals surface area contributed by atoms with Crippen molar-refractivity contribution in [2.75, 3.05) is 10.2 Å². The number of nitrogens with zero attached hydrogens (tertiary/aromatic N) is 2. The smallest absolute Gasteiger partial charge is 0.269 e. The topological polar surface area (TPSA) is 73.2 Å². The maximum Gasteiger partial charge on any atom is 0.269 e. The molecular formula is C26H19Br2N3O2S. The van der Waals surface area contributed by atoms with Gasteiger partial charge in [0.05, 0.1) is 5.25 Å². The number of aryl methyl sites for hydroxylation is 1. The molecule has 0 unspecified atom stereocenters. The molecule has 2 amide bonds. The molecule has 1 N–H and O–H groups in total. The Morgan fingerprint density at radius 3 is 2.18 bits per heavy atom. The standard InChI is InChI=1S/C26H19Br2N3O2S/c1-16-2-10-20(11-3-16)30-24(32)22(15-29)26-31(21-12-8-19(28)9-13-21)25(33)23(34-26)14-17-4-6-18(27)7-5-17/h2-13,23H,14H2,1H3,(H,30,32)/b26-22-/t23-/m1/s1. The number of carbonyl (C=O) groups is 2. The molecule has 0 spiro atoms. The summed E-state index contributed by atoms with van der Waals surface area (Å²) in [5, 5.41) is 12.6. The number of halogens is 2. The normalized spacial score (nSPS) is 16.8. The predicted octanol–water partition coefficient (Wildman–Crippen LogP) is 6.59. The number of benzene rings is 3. The lowest BCUT2D eigenvalue weighted by atomic mass is 10.1. The van der Waals surface area contributed by atoms with E-state index in [1.165, 1.54) is 16.7 Å². The van der Waals surface area contributed by atoms with Crippen LogP contribution in [0.15, 0.2) is 92.3 Å². The van der Waals surface area contributed by atoms with Crippen molar-refractivity contribution in [1.82, 2.24) is 0 Å². The van der Waals surface area contributed by atoms with Gasteiger partial charge in [0, 0.05) is 20.3 Å². The zero-order chi connectivity index (χ0) is 24.2. The Morgan fingerprint density at radius 1 is 1.00 bits per heavy atom. The van der Waals surface area contributed by atoms with Crippen LogP contribution in [0.2, 0.25) is 0 Å². The molecule has 1 saturated heterocycles. The third-order valence-electron chi connectivity index (χ3n) is 5.23. The lowest BCUT2D eigenvalue weighted by Gasteiger charge is -2.19. The van der Waals surface area contributed by atoms with Crippen molar-refractivity contribution < 1.29 is 9.59 Å². The van der Waals surface area contributed by atoms with E-state index in [-0.39, 0.29) is 11.5 Å². The molecule has 0 radical (unpaired) electrons. The monoisotopic (exact) mass is 595 g/mol. The molecule has 34 heavy (non-hydrogen) atoms. The summed E-state index contributed by atoms with van der Waals surface area (Å²) < 4.78 is 1.82. The Hall–Kier alpha value is -2.86. The number of rotatable bonds is 5. The third-order valence-corrected chi connectivity index (χ3v) is 7.55. The average Bonchev–Trinajstić information content (AvgIpc) is 3.13. The molecule has 1 atom stereocenters. The van der Waals surface area contributed by atoms with Crippen molar-refractivity contribution in [3.63, 3.8) is 0 Å². The lowest BCUT2D eigenvalue weighted by molar-refractivity contribution is -0.117. The molecule has 4 rings (SSSR count). The fourth-order valence-electron chi connectivity index (χ4n) is 3.48. The van der Waals surface area contributed by atoms with Crippen LogP contribution in [0, 0.1) is 18.3 Å². The number of thioether (sulfide) groups is 1. The van der Waals surface area contributed by atoms with Crippen LogP contribution in [0.25, 0.3) is 0 Å². The van der Waals surface area contributed by atoms with Crippen molar-refractivity contribution >= 4 is 66.8 Å². The molecule has 0 saturated carbocycles. The highest BCUT2D eigenvalue weighted by Gasteiger charge is 2.40. The van der Waals surface area contributed by atoms with E-state index in [4.69, 9.17) is 0 Å². The molecule has 3 aromatic rings. The summed E-state index contributed by atoms with van der Waals surface area (Å²) in [4.78, 5) is 28.1. The van der Waals surface area contributed by atoms with Gasteiger partial charge in [-0.1, -0.05) is 73.5 Å². The van der Waals surface area contributed by atoms with Crippen LogP contribution in [-0.4, -0.2) is 17.1 Å². The van der Waals surface area contributed by atoms with E-state index in [0.717, 1.165) is 20.1 Å². The van der Waals surface area contributed by atoms with Crippen LogP contribution in [0.4, 0.5) is 11.4 Å². The minimum absolute atomic E-state index is 0.0971. The minimum atomic E-state index is -0.548. The predicted molar refractivity (Wildman–Crippen MR) is 143 cm³/mol. The first-order valence-corrected chi connectivity index (χ1v) is 12.9. The van der Waals surface area contributed by atoms with Gasteiger partial charge in [-0.15, -0.1) is 0 Å². The van der Waals surface area contributed by atoms with E-state index in [1.54, 1.807) is 24.3 Å². The van der Waals surface area contributed by atoms with Crippen LogP contribution in [0.3, 0.4) is 0 Å². The number of hydrogen-bond donors (Lipinski definition) is 1. The van der Waals surface area contributed by atoms with E-state index in [2.05, 4.69) is 37.2 Å². The summed E-state index contributed by atoms with van der Waals surface area (Å²) in [6.45, 7) is 1.96. The maximum atomic E-state index is 13.5. The molecule has 1 aliphatic heterocycles. The van der Waals surface area contributed by atoms with Crippen LogP contribution in [-0.2, 0) is 16.0 Å². The van der Waals surface area contributed by atoms with Crippen molar-refractivity contribution in [3.05, 3.63) is 103 Å². The van der Waals surface area contributed by atoms with Gasteiger partial charge in [0.15, 0.2) is 0 Å². The van der Waals surface area contributed by atoms with Crippen LogP contribution >= 0.6 is 43.6 Å². The summed E-state index contributed by atoms with van der Waals surface area (Å²) in [6, 6.07) is 24.4. The molecule has 5 nitrogen and oxygen atoms in total. The van der Waals surface area contributed by atoms with Crippen molar-refractivity contribution in [3.8, 4) is 6.07 Å². The van der Waals surface area contributed by atoms with Crippen LogP contribution < -0.4 is 10.2 Å². The zero-order valence-corrected chi connectivity index (χ0v) is 22.1. The van der Waals surface area contributed by atoms with E-state index in [9.17, 15) is 14.9 Å². The van der Waals surface area contributed by atoms with Gasteiger partial charge in [0.2, 0.25) is 5.91 Å². The van der Waals surface area contributed by atoms with Gasteiger partial charge in [0.25, 0.3) is 5.91 Å². The SMILES string of the molecule is Cc1ccc(NC(=O)/C(C#N)=C2\S[C@H](Cc3ccc(Br)cc3)C(=O)N2c2ccc(Br)cc2)cc1. The fourth-order valence-corrected chi connectivity index (χ4v) is 5.31. The zero-order valence-electron chi connectivity index (χ0n) is 18.1. The molecule has 0 bridgehead atoms. The van der Waals surface area contributed by atoms with Crippen LogP contribution in [0.1, 0.15) is 11.1 Å². The molecule has 1 heterocycles. The Morgan fingerprint density at radius 2 is 1.59 bits per heavy atom. The summed E-state index contributed by atoms with van der Waals surface area (Å²) >= 11 is 8.09. The second-order valence-electron chi connectivity index (χ2n) is 7.70. The molecule has 3 aromatic carbocycles. The summed E-state index contributed by atoms with van der Waals surface area (Å²) in [5.41, 5.74) is 3.14. The maximum absolute atomic E-state index is 13.5. The van der Waals surface area contributed by atoms with E-state index in [1.807, 2.05) is 61.5 Å². The summed E-state index contributed by atoms with van der Waals surface area (Å²) in [6.07, 6.45) is 0.478. The van der Waals surface area contributed by atoms with E-state index < -0.39 is 11.2 Å². The Bertz CT molecular complexity index is 1300. The Kier molecular flexibility index (Phi) is 7.57. The molecule has 0 aliphatic carbocycles. The van der Waals surface area contributed by atoms with Gasteiger partial charge >= 0.3 is 0 Å². The van der Waals surface area contributed by atoms with E-state index >= 15 is 0 Å². The highest BCUT2D eigenvalue weighted by molar-refractivity contribution is 9.10. The largest absolute Gasteiger partial charge is 0.321 e. The quantitative estimate of drug-likeness (QED) is 0.266. The second kappa shape index (κ2) is 10.6. The first kappa shape index (κ1) is 24.3. The molecule has 1 aliphatic rings. The van der Waals surface area contributed by atoms with Crippen LogP contribution in [0.5, 0.6) is 0 Å². The Balaban J connectivity index is 1.71. The van der Waals surface area contributed by atoms with Gasteiger partial charge in [0.1, 0.15) is 16.7 Å². The highest BCUT2D eigenvalue weighted by Crippen LogP contribution is 2.42. The number of nitriles is 1.